The number of phenolic OH excluding ortho intramolecular Hbond substituents is 1. The van der Waals surface area contributed by atoms with Crippen LogP contribution < -0.4 is 5.32 Å². The molecule has 0 saturated heterocycles. The molecule has 0 saturated carbocycles. The van der Waals surface area contributed by atoms with E-state index in [1.165, 1.54) is 5.56 Å². The number of rotatable bonds is 5. The summed E-state index contributed by atoms with van der Waals surface area (Å²) < 4.78 is 24.1. The van der Waals surface area contributed by atoms with Gasteiger partial charge in [-0.25, -0.2) is 8.42 Å². The van der Waals surface area contributed by atoms with Gasteiger partial charge < -0.3 is 10.4 Å². The molecular weight excluding hydrogens is 334 g/mol. The Morgan fingerprint density at radius 1 is 1.04 bits per heavy atom. The number of aromatic hydroxyl groups is 1. The van der Waals surface area contributed by atoms with Gasteiger partial charge >= 0.3 is 0 Å². The Morgan fingerprint density at radius 3 is 2.16 bits per heavy atom. The van der Waals surface area contributed by atoms with E-state index in [1.54, 1.807) is 6.07 Å². The topological polar surface area (TPSA) is 66.4 Å². The molecule has 2 rings (SSSR count). The molecule has 5 heteroatoms. The summed E-state index contributed by atoms with van der Waals surface area (Å²) in [5.41, 5.74) is 3.62. The molecule has 0 fully saturated rings. The molecule has 0 unspecified atom stereocenters. The number of benzene rings is 2. The van der Waals surface area contributed by atoms with Gasteiger partial charge in [-0.3, -0.25) is 0 Å². The number of phenols is 1. The second-order valence-electron chi connectivity index (χ2n) is 7.59. The van der Waals surface area contributed by atoms with Crippen molar-refractivity contribution in [1.82, 2.24) is 5.32 Å². The van der Waals surface area contributed by atoms with Crippen molar-refractivity contribution in [3.63, 3.8) is 0 Å². The quantitative estimate of drug-likeness (QED) is 0.852. The summed E-state index contributed by atoms with van der Waals surface area (Å²) in [6.07, 6.45) is 1.12. The van der Waals surface area contributed by atoms with Crippen molar-refractivity contribution in [1.29, 1.82) is 0 Å². The number of hydrogen-bond donors (Lipinski definition) is 2. The molecule has 0 aliphatic rings. The highest BCUT2D eigenvalue weighted by atomic mass is 32.2. The monoisotopic (exact) mass is 361 g/mol. The maximum Gasteiger partial charge on any atom is 0.179 e. The van der Waals surface area contributed by atoms with E-state index in [9.17, 15) is 13.5 Å². The van der Waals surface area contributed by atoms with Crippen molar-refractivity contribution in [2.45, 2.75) is 51.1 Å². The number of aryl methyl sites for hydroxylation is 1. The molecule has 0 heterocycles. The van der Waals surface area contributed by atoms with E-state index in [0.29, 0.717) is 18.7 Å². The molecular formula is C20H27NO3S. The molecule has 2 aromatic rings. The lowest BCUT2D eigenvalue weighted by Gasteiger charge is -2.22. The van der Waals surface area contributed by atoms with Crippen LogP contribution in [0.3, 0.4) is 0 Å². The maximum atomic E-state index is 12.0. The molecule has 0 aliphatic carbocycles. The van der Waals surface area contributed by atoms with Crippen LogP contribution in [0.15, 0.2) is 41.3 Å². The van der Waals surface area contributed by atoms with E-state index in [0.717, 1.165) is 17.4 Å². The van der Waals surface area contributed by atoms with Gasteiger partial charge in [0, 0.05) is 24.9 Å². The Labute approximate surface area is 150 Å². The van der Waals surface area contributed by atoms with Crippen LogP contribution in [0.4, 0.5) is 0 Å². The van der Waals surface area contributed by atoms with E-state index < -0.39 is 9.84 Å². The molecule has 0 bridgehead atoms. The molecule has 25 heavy (non-hydrogen) atoms. The lowest BCUT2D eigenvalue weighted by atomic mass is 9.86. The third-order valence-electron chi connectivity index (χ3n) is 4.18. The summed E-state index contributed by atoms with van der Waals surface area (Å²) in [5, 5.41) is 13.7. The van der Waals surface area contributed by atoms with E-state index in [4.69, 9.17) is 0 Å². The zero-order valence-electron chi connectivity index (χ0n) is 15.6. The van der Waals surface area contributed by atoms with Gasteiger partial charge in [0.05, 0.1) is 0 Å². The van der Waals surface area contributed by atoms with Gasteiger partial charge in [-0.05, 0) is 29.5 Å². The fourth-order valence-electron chi connectivity index (χ4n) is 2.56. The van der Waals surface area contributed by atoms with Crippen molar-refractivity contribution in [3.05, 3.63) is 58.7 Å². The van der Waals surface area contributed by atoms with Crippen molar-refractivity contribution >= 4 is 9.84 Å². The predicted octanol–water partition coefficient (Wildman–Crippen LogP) is 3.69. The van der Waals surface area contributed by atoms with E-state index in [-0.39, 0.29) is 16.1 Å². The summed E-state index contributed by atoms with van der Waals surface area (Å²) in [7, 11) is -3.50. The molecule has 0 radical (unpaired) electrons. The standard InChI is InChI=1S/C20H27NO3S/c1-14-6-8-15(9-7-14)12-21-13-16-10-17(20(2,3)4)11-18(19(16)22)25(5,23)24/h6-11,21-22H,12-13H2,1-5H3. The van der Waals surface area contributed by atoms with Crippen molar-refractivity contribution in [3.8, 4) is 5.75 Å². The second kappa shape index (κ2) is 7.18. The van der Waals surface area contributed by atoms with Gasteiger partial charge in [0.1, 0.15) is 10.6 Å². The Bertz CT molecular complexity index is 848. The molecule has 0 spiro atoms. The fourth-order valence-corrected chi connectivity index (χ4v) is 3.39. The lowest BCUT2D eigenvalue weighted by molar-refractivity contribution is 0.446. The number of sulfone groups is 1. The molecule has 136 valence electrons. The van der Waals surface area contributed by atoms with Crippen LogP contribution in [0.1, 0.15) is 43.0 Å². The molecule has 2 N–H and O–H groups in total. The average Bonchev–Trinajstić information content (AvgIpc) is 2.48. The molecule has 4 nitrogen and oxygen atoms in total. The predicted molar refractivity (Wildman–Crippen MR) is 102 cm³/mol. The summed E-state index contributed by atoms with van der Waals surface area (Å²) in [5.74, 6) is -0.160. The first-order valence-corrected chi connectivity index (χ1v) is 10.2. The molecule has 0 amide bonds. The molecule has 0 atom stereocenters. The Balaban J connectivity index is 2.28. The number of nitrogens with one attached hydrogen (secondary N) is 1. The highest BCUT2D eigenvalue weighted by molar-refractivity contribution is 7.90. The maximum absolute atomic E-state index is 12.0. The summed E-state index contributed by atoms with van der Waals surface area (Å²) >= 11 is 0. The van der Waals surface area contributed by atoms with Crippen LogP contribution in [0.2, 0.25) is 0 Å². The number of hydrogen-bond acceptors (Lipinski definition) is 4. The average molecular weight is 362 g/mol. The van der Waals surface area contributed by atoms with E-state index in [1.807, 2.05) is 33.8 Å². The normalized spacial score (nSPS) is 12.4. The van der Waals surface area contributed by atoms with Gasteiger partial charge in [-0.15, -0.1) is 0 Å². The van der Waals surface area contributed by atoms with Crippen LogP contribution >= 0.6 is 0 Å². The molecule has 0 aromatic heterocycles. The third-order valence-corrected chi connectivity index (χ3v) is 5.29. The Hall–Kier alpha value is -1.85. The van der Waals surface area contributed by atoms with Crippen molar-refractivity contribution < 1.29 is 13.5 Å². The zero-order valence-corrected chi connectivity index (χ0v) is 16.4. The largest absolute Gasteiger partial charge is 0.506 e. The van der Waals surface area contributed by atoms with Crippen LogP contribution in [-0.2, 0) is 28.3 Å². The SMILES string of the molecule is Cc1ccc(CNCc2cc(C(C)(C)C)cc(S(C)(=O)=O)c2O)cc1. The van der Waals surface area contributed by atoms with E-state index in [2.05, 4.69) is 29.6 Å². The second-order valence-corrected chi connectivity index (χ2v) is 9.58. The van der Waals surface area contributed by atoms with Crippen LogP contribution in [0.25, 0.3) is 0 Å². The van der Waals surface area contributed by atoms with Crippen LogP contribution in [-0.4, -0.2) is 19.8 Å². The smallest absolute Gasteiger partial charge is 0.179 e. The van der Waals surface area contributed by atoms with Crippen molar-refractivity contribution in [2.75, 3.05) is 6.26 Å². The van der Waals surface area contributed by atoms with Gasteiger partial charge in [0.2, 0.25) is 0 Å². The van der Waals surface area contributed by atoms with E-state index >= 15 is 0 Å². The first-order chi connectivity index (χ1) is 11.5. The summed E-state index contributed by atoms with van der Waals surface area (Å²) in [6, 6.07) is 11.7. The van der Waals surface area contributed by atoms with Gasteiger partial charge in [0.15, 0.2) is 9.84 Å². The van der Waals surface area contributed by atoms with Gasteiger partial charge in [-0.1, -0.05) is 56.7 Å². The third kappa shape index (κ3) is 5.06. The minimum Gasteiger partial charge on any atom is -0.506 e. The van der Waals surface area contributed by atoms with Gasteiger partial charge in [-0.2, -0.15) is 0 Å². The lowest BCUT2D eigenvalue weighted by Crippen LogP contribution is -2.17. The van der Waals surface area contributed by atoms with Crippen LogP contribution in [0, 0.1) is 6.92 Å². The fraction of sp³-hybridized carbons (Fsp3) is 0.400. The first kappa shape index (κ1) is 19.5. The highest BCUT2D eigenvalue weighted by Crippen LogP contribution is 2.33. The Morgan fingerprint density at radius 2 is 1.64 bits per heavy atom. The van der Waals surface area contributed by atoms with Crippen molar-refractivity contribution in [2.24, 2.45) is 0 Å². The minimum absolute atomic E-state index is 0.00735. The molecule has 2 aromatic carbocycles. The molecule has 0 aliphatic heterocycles. The van der Waals surface area contributed by atoms with Crippen LogP contribution in [0.5, 0.6) is 5.75 Å². The minimum atomic E-state index is -3.50. The highest BCUT2D eigenvalue weighted by Gasteiger charge is 2.22. The zero-order chi connectivity index (χ0) is 18.8. The Kier molecular flexibility index (Phi) is 5.59. The summed E-state index contributed by atoms with van der Waals surface area (Å²) in [4.78, 5) is -0.00735. The summed E-state index contributed by atoms with van der Waals surface area (Å²) in [6.45, 7) is 9.15. The first-order valence-electron chi connectivity index (χ1n) is 8.31. The van der Waals surface area contributed by atoms with Gasteiger partial charge in [0.25, 0.3) is 0 Å².